The fourth-order valence-electron chi connectivity index (χ4n) is 2.70. The zero-order valence-electron chi connectivity index (χ0n) is 15.1. The summed E-state index contributed by atoms with van der Waals surface area (Å²) < 4.78 is 4.77. The minimum atomic E-state index is -0.367. The SMILES string of the molecule is CCC(NC(=S)Nc1cc(C(=O)OC)ccc1C)c1ccccc1C. The molecule has 1 atom stereocenters. The number of hydrogen-bond donors (Lipinski definition) is 2. The van der Waals surface area contributed by atoms with E-state index < -0.39 is 0 Å². The molecule has 0 aromatic heterocycles. The van der Waals surface area contributed by atoms with Crippen LogP contribution in [-0.4, -0.2) is 18.2 Å². The first-order chi connectivity index (χ1) is 12.0. The maximum Gasteiger partial charge on any atom is 0.337 e. The molecule has 0 amide bonds. The van der Waals surface area contributed by atoms with Crippen LogP contribution in [0.15, 0.2) is 42.5 Å². The molecular weight excluding hydrogens is 332 g/mol. The first kappa shape index (κ1) is 18.9. The highest BCUT2D eigenvalue weighted by Crippen LogP contribution is 2.21. The molecule has 132 valence electrons. The standard InChI is InChI=1S/C20H24N2O2S/c1-5-17(16-9-7-6-8-13(16)2)21-20(25)22-18-12-15(19(23)24-4)11-10-14(18)3/h6-12,17H,5H2,1-4H3,(H2,21,22,25). The molecule has 5 heteroatoms. The molecule has 1 unspecified atom stereocenters. The number of esters is 1. The second-order valence-electron chi connectivity index (χ2n) is 5.94. The Morgan fingerprint density at radius 3 is 2.52 bits per heavy atom. The van der Waals surface area contributed by atoms with Crippen LogP contribution < -0.4 is 10.6 Å². The van der Waals surface area contributed by atoms with Gasteiger partial charge < -0.3 is 15.4 Å². The van der Waals surface area contributed by atoms with Gasteiger partial charge in [0.1, 0.15) is 0 Å². The van der Waals surface area contributed by atoms with Gasteiger partial charge in [0.25, 0.3) is 0 Å². The maximum absolute atomic E-state index is 11.7. The zero-order valence-corrected chi connectivity index (χ0v) is 15.9. The van der Waals surface area contributed by atoms with Crippen LogP contribution in [0.25, 0.3) is 0 Å². The molecule has 0 spiro atoms. The van der Waals surface area contributed by atoms with Gasteiger partial charge in [-0.2, -0.15) is 0 Å². The number of carbonyl (C=O) groups is 1. The van der Waals surface area contributed by atoms with E-state index in [0.717, 1.165) is 17.7 Å². The number of nitrogens with one attached hydrogen (secondary N) is 2. The fourth-order valence-corrected chi connectivity index (χ4v) is 2.95. The molecule has 0 fully saturated rings. The van der Waals surface area contributed by atoms with Gasteiger partial charge in [-0.25, -0.2) is 4.79 Å². The number of aryl methyl sites for hydroxylation is 2. The van der Waals surface area contributed by atoms with Gasteiger partial charge in [0.05, 0.1) is 18.7 Å². The summed E-state index contributed by atoms with van der Waals surface area (Å²) in [5.74, 6) is -0.367. The van der Waals surface area contributed by atoms with Gasteiger partial charge in [-0.1, -0.05) is 37.3 Å². The van der Waals surface area contributed by atoms with Gasteiger partial charge in [-0.05, 0) is 61.3 Å². The van der Waals surface area contributed by atoms with Crippen molar-refractivity contribution >= 4 is 29.0 Å². The summed E-state index contributed by atoms with van der Waals surface area (Å²) in [6.45, 7) is 6.18. The molecular formula is C20H24N2O2S. The first-order valence-corrected chi connectivity index (χ1v) is 8.69. The highest BCUT2D eigenvalue weighted by molar-refractivity contribution is 7.80. The van der Waals surface area contributed by atoms with Crippen molar-refractivity contribution in [3.05, 3.63) is 64.7 Å². The van der Waals surface area contributed by atoms with Crippen LogP contribution in [0, 0.1) is 13.8 Å². The molecule has 0 aliphatic carbocycles. The predicted octanol–water partition coefficient (Wildman–Crippen LogP) is 4.53. The molecule has 0 radical (unpaired) electrons. The third kappa shape index (κ3) is 4.79. The summed E-state index contributed by atoms with van der Waals surface area (Å²) in [5, 5.41) is 7.09. The summed E-state index contributed by atoms with van der Waals surface area (Å²) in [6, 6.07) is 13.8. The smallest absolute Gasteiger partial charge is 0.337 e. The van der Waals surface area contributed by atoms with Crippen molar-refractivity contribution in [3.63, 3.8) is 0 Å². The van der Waals surface area contributed by atoms with Gasteiger partial charge in [0.2, 0.25) is 0 Å². The molecule has 4 nitrogen and oxygen atoms in total. The third-order valence-electron chi connectivity index (χ3n) is 4.18. The lowest BCUT2D eigenvalue weighted by Gasteiger charge is -2.22. The van der Waals surface area contributed by atoms with Crippen LogP contribution in [0.1, 0.15) is 46.4 Å². The van der Waals surface area contributed by atoms with E-state index >= 15 is 0 Å². The van der Waals surface area contributed by atoms with Crippen LogP contribution in [-0.2, 0) is 4.74 Å². The Bertz CT molecular complexity index is 774. The number of anilines is 1. The Hall–Kier alpha value is -2.40. The van der Waals surface area contributed by atoms with Crippen LogP contribution in [0.4, 0.5) is 5.69 Å². The average Bonchev–Trinajstić information content (AvgIpc) is 2.61. The van der Waals surface area contributed by atoms with Gasteiger partial charge in [-0.15, -0.1) is 0 Å². The highest BCUT2D eigenvalue weighted by Gasteiger charge is 2.14. The lowest BCUT2D eigenvalue weighted by atomic mass is 9.99. The van der Waals surface area contributed by atoms with Crippen molar-refractivity contribution in [1.82, 2.24) is 5.32 Å². The largest absolute Gasteiger partial charge is 0.465 e. The highest BCUT2D eigenvalue weighted by atomic mass is 32.1. The summed E-state index contributed by atoms with van der Waals surface area (Å²) in [6.07, 6.45) is 0.911. The monoisotopic (exact) mass is 356 g/mol. The molecule has 0 saturated heterocycles. The third-order valence-corrected chi connectivity index (χ3v) is 4.40. The number of methoxy groups -OCH3 is 1. The van der Waals surface area contributed by atoms with Gasteiger partial charge >= 0.3 is 5.97 Å². The average molecular weight is 356 g/mol. The number of thiocarbonyl (C=S) groups is 1. The molecule has 0 heterocycles. The first-order valence-electron chi connectivity index (χ1n) is 8.28. The Morgan fingerprint density at radius 1 is 1.16 bits per heavy atom. The topological polar surface area (TPSA) is 50.4 Å². The van der Waals surface area contributed by atoms with Crippen LogP contribution >= 0.6 is 12.2 Å². The van der Waals surface area contributed by atoms with E-state index in [9.17, 15) is 4.79 Å². The van der Waals surface area contributed by atoms with E-state index in [0.29, 0.717) is 10.7 Å². The van der Waals surface area contributed by atoms with Gasteiger partial charge in [0.15, 0.2) is 5.11 Å². The lowest BCUT2D eigenvalue weighted by Crippen LogP contribution is -2.32. The minimum absolute atomic E-state index is 0.130. The lowest BCUT2D eigenvalue weighted by molar-refractivity contribution is 0.0601. The molecule has 0 bridgehead atoms. The minimum Gasteiger partial charge on any atom is -0.465 e. The molecule has 2 aromatic rings. The molecule has 2 aromatic carbocycles. The second kappa shape index (κ2) is 8.62. The van der Waals surface area contributed by atoms with Gasteiger partial charge in [0, 0.05) is 5.69 Å². The molecule has 2 N–H and O–H groups in total. The molecule has 0 aliphatic heterocycles. The van der Waals surface area contributed by atoms with E-state index in [-0.39, 0.29) is 12.0 Å². The summed E-state index contributed by atoms with van der Waals surface area (Å²) in [7, 11) is 1.37. The zero-order chi connectivity index (χ0) is 18.4. The van der Waals surface area contributed by atoms with Gasteiger partial charge in [-0.3, -0.25) is 0 Å². The summed E-state index contributed by atoms with van der Waals surface area (Å²) in [4.78, 5) is 11.7. The quantitative estimate of drug-likeness (QED) is 0.609. The van der Waals surface area contributed by atoms with Crippen LogP contribution in [0.2, 0.25) is 0 Å². The molecule has 25 heavy (non-hydrogen) atoms. The van der Waals surface area contributed by atoms with Crippen LogP contribution in [0.5, 0.6) is 0 Å². The second-order valence-corrected chi connectivity index (χ2v) is 6.35. The molecule has 0 saturated carbocycles. The number of hydrogen-bond acceptors (Lipinski definition) is 3. The Morgan fingerprint density at radius 2 is 1.88 bits per heavy atom. The van der Waals surface area contributed by atoms with Crippen molar-refractivity contribution in [2.24, 2.45) is 0 Å². The Labute approximate surface area is 154 Å². The van der Waals surface area contributed by atoms with E-state index in [1.165, 1.54) is 18.2 Å². The van der Waals surface area contributed by atoms with Crippen LogP contribution in [0.3, 0.4) is 0 Å². The Balaban J connectivity index is 2.14. The predicted molar refractivity (Wildman–Crippen MR) is 106 cm³/mol. The van der Waals surface area contributed by atoms with Crippen molar-refractivity contribution in [1.29, 1.82) is 0 Å². The maximum atomic E-state index is 11.7. The normalized spacial score (nSPS) is 11.5. The van der Waals surface area contributed by atoms with E-state index in [1.54, 1.807) is 12.1 Å². The fraction of sp³-hybridized carbons (Fsp3) is 0.300. The van der Waals surface area contributed by atoms with Crippen molar-refractivity contribution in [2.45, 2.75) is 33.2 Å². The molecule has 0 aliphatic rings. The molecule has 2 rings (SSSR count). The van der Waals surface area contributed by atoms with E-state index in [2.05, 4.69) is 36.6 Å². The number of ether oxygens (including phenoxy) is 1. The summed E-state index contributed by atoms with van der Waals surface area (Å²) in [5.41, 5.74) is 4.74. The number of carbonyl (C=O) groups excluding carboxylic acids is 1. The number of benzene rings is 2. The van der Waals surface area contributed by atoms with E-state index in [4.69, 9.17) is 17.0 Å². The van der Waals surface area contributed by atoms with Crippen molar-refractivity contribution in [2.75, 3.05) is 12.4 Å². The number of rotatable bonds is 5. The van der Waals surface area contributed by atoms with Crippen molar-refractivity contribution < 1.29 is 9.53 Å². The summed E-state index contributed by atoms with van der Waals surface area (Å²) >= 11 is 5.48. The van der Waals surface area contributed by atoms with Crippen molar-refractivity contribution in [3.8, 4) is 0 Å². The Kier molecular flexibility index (Phi) is 6.53. The van der Waals surface area contributed by atoms with E-state index in [1.807, 2.05) is 25.1 Å².